The standard InChI is InChI=1S/C19H16Cl2N2OS.C4H11N/c1-13(24)14-2-5-16(6-3-14)25-19(11-23-9-8-22-12-23)17-7-4-15(20)10-18(17)21;1-2-3-4-5/h2-10,12,19H,11H2,1H3;2-5H2,1H3. The van der Waals surface area contributed by atoms with Crippen LogP contribution in [-0.4, -0.2) is 21.9 Å². The summed E-state index contributed by atoms with van der Waals surface area (Å²) in [6, 6.07) is 13.2. The van der Waals surface area contributed by atoms with Crippen LogP contribution in [0.25, 0.3) is 0 Å². The van der Waals surface area contributed by atoms with Crippen molar-refractivity contribution < 1.29 is 4.79 Å². The first kappa shape index (κ1) is 24.5. The first-order chi connectivity index (χ1) is 14.4. The van der Waals surface area contributed by atoms with Crippen LogP contribution >= 0.6 is 35.0 Å². The highest BCUT2D eigenvalue weighted by molar-refractivity contribution is 7.99. The zero-order chi connectivity index (χ0) is 21.9. The fraction of sp³-hybridized carbons (Fsp3) is 0.304. The van der Waals surface area contributed by atoms with Crippen molar-refractivity contribution in [3.8, 4) is 0 Å². The Morgan fingerprint density at radius 2 is 1.93 bits per heavy atom. The van der Waals surface area contributed by atoms with E-state index < -0.39 is 0 Å². The first-order valence-electron chi connectivity index (χ1n) is 9.83. The molecule has 1 atom stereocenters. The summed E-state index contributed by atoms with van der Waals surface area (Å²) in [7, 11) is 0. The number of nitrogens with two attached hydrogens (primary N) is 1. The van der Waals surface area contributed by atoms with Gasteiger partial charge < -0.3 is 10.3 Å². The number of ketones is 1. The summed E-state index contributed by atoms with van der Waals surface area (Å²) in [4.78, 5) is 16.6. The lowest BCUT2D eigenvalue weighted by Gasteiger charge is -2.19. The molecule has 4 nitrogen and oxygen atoms in total. The van der Waals surface area contributed by atoms with Gasteiger partial charge in [-0.25, -0.2) is 4.98 Å². The number of benzene rings is 2. The van der Waals surface area contributed by atoms with Crippen molar-refractivity contribution in [3.63, 3.8) is 0 Å². The molecule has 0 aliphatic heterocycles. The van der Waals surface area contributed by atoms with Crippen molar-refractivity contribution in [1.82, 2.24) is 9.55 Å². The van der Waals surface area contributed by atoms with Gasteiger partial charge in [-0.2, -0.15) is 0 Å². The number of rotatable bonds is 8. The third-order valence-corrected chi connectivity index (χ3v) is 6.14. The first-order valence-corrected chi connectivity index (χ1v) is 11.5. The van der Waals surface area contributed by atoms with E-state index in [-0.39, 0.29) is 11.0 Å². The van der Waals surface area contributed by atoms with Gasteiger partial charge in [0, 0.05) is 39.4 Å². The SMILES string of the molecule is CC(=O)c1ccc(SC(Cn2ccnc2)c2ccc(Cl)cc2Cl)cc1.CCCCN. The number of imidazole rings is 1. The zero-order valence-corrected chi connectivity index (χ0v) is 19.6. The molecule has 0 radical (unpaired) electrons. The van der Waals surface area contributed by atoms with Crippen LogP contribution in [0.1, 0.15) is 47.9 Å². The Morgan fingerprint density at radius 1 is 1.20 bits per heavy atom. The molecule has 0 spiro atoms. The van der Waals surface area contributed by atoms with Gasteiger partial charge in [-0.15, -0.1) is 11.8 Å². The molecule has 2 aromatic carbocycles. The number of hydrogen-bond acceptors (Lipinski definition) is 4. The molecule has 7 heteroatoms. The van der Waals surface area contributed by atoms with Crippen LogP contribution in [-0.2, 0) is 6.54 Å². The predicted molar refractivity (Wildman–Crippen MR) is 128 cm³/mol. The van der Waals surface area contributed by atoms with E-state index in [0.717, 1.165) is 23.5 Å². The summed E-state index contributed by atoms with van der Waals surface area (Å²) < 4.78 is 2.02. The third-order valence-electron chi connectivity index (χ3n) is 4.34. The molecule has 3 aromatic rings. The fourth-order valence-corrected chi connectivity index (χ4v) is 4.49. The van der Waals surface area contributed by atoms with Crippen LogP contribution in [0.3, 0.4) is 0 Å². The van der Waals surface area contributed by atoms with Gasteiger partial charge in [0.05, 0.1) is 11.6 Å². The maximum atomic E-state index is 11.4. The van der Waals surface area contributed by atoms with Crippen LogP contribution < -0.4 is 5.73 Å². The second-order valence-corrected chi connectivity index (χ2v) is 8.87. The normalized spacial score (nSPS) is 11.5. The van der Waals surface area contributed by atoms with E-state index in [1.165, 1.54) is 12.8 Å². The number of unbranched alkanes of at least 4 members (excludes halogenated alkanes) is 1. The lowest BCUT2D eigenvalue weighted by Crippen LogP contribution is -2.05. The second kappa shape index (κ2) is 12.8. The Balaban J connectivity index is 0.000000575. The van der Waals surface area contributed by atoms with E-state index in [1.807, 2.05) is 47.2 Å². The molecule has 0 aliphatic rings. The molecule has 1 unspecified atom stereocenters. The summed E-state index contributed by atoms with van der Waals surface area (Å²) in [5, 5.41) is 1.35. The third kappa shape index (κ3) is 7.80. The van der Waals surface area contributed by atoms with Crippen molar-refractivity contribution in [1.29, 1.82) is 0 Å². The summed E-state index contributed by atoms with van der Waals surface area (Å²) in [6.45, 7) is 5.27. The van der Waals surface area contributed by atoms with E-state index >= 15 is 0 Å². The monoisotopic (exact) mass is 463 g/mol. The van der Waals surface area contributed by atoms with Crippen molar-refractivity contribution in [2.45, 2.75) is 43.4 Å². The van der Waals surface area contributed by atoms with Crippen molar-refractivity contribution in [2.24, 2.45) is 5.73 Å². The minimum absolute atomic E-state index is 0.0623. The Hall–Kier alpha value is -1.79. The lowest BCUT2D eigenvalue weighted by molar-refractivity contribution is 0.101. The molecule has 0 aliphatic carbocycles. The Bertz CT molecular complexity index is 913. The molecule has 0 fully saturated rings. The van der Waals surface area contributed by atoms with E-state index in [4.69, 9.17) is 28.9 Å². The second-order valence-electron chi connectivity index (χ2n) is 6.75. The van der Waals surface area contributed by atoms with Gasteiger partial charge in [0.25, 0.3) is 0 Å². The van der Waals surface area contributed by atoms with E-state index in [1.54, 1.807) is 37.3 Å². The summed E-state index contributed by atoms with van der Waals surface area (Å²) in [5.41, 5.74) is 6.86. The van der Waals surface area contributed by atoms with Gasteiger partial charge in [-0.1, -0.05) is 54.7 Å². The van der Waals surface area contributed by atoms with Crippen LogP contribution in [0.4, 0.5) is 0 Å². The van der Waals surface area contributed by atoms with Crippen LogP contribution in [0.5, 0.6) is 0 Å². The molecule has 1 heterocycles. The van der Waals surface area contributed by atoms with Gasteiger partial charge in [0.2, 0.25) is 0 Å². The molecule has 0 saturated heterocycles. The van der Waals surface area contributed by atoms with Gasteiger partial charge in [0.15, 0.2) is 5.78 Å². The topological polar surface area (TPSA) is 60.9 Å². The molecule has 1 aromatic heterocycles. The Kier molecular flexibility index (Phi) is 10.4. The minimum Gasteiger partial charge on any atom is -0.336 e. The van der Waals surface area contributed by atoms with Crippen molar-refractivity contribution in [2.75, 3.05) is 6.54 Å². The molecule has 0 saturated carbocycles. The average molecular weight is 464 g/mol. The molecule has 3 rings (SSSR count). The smallest absolute Gasteiger partial charge is 0.159 e. The molecule has 2 N–H and O–H groups in total. The van der Waals surface area contributed by atoms with E-state index in [9.17, 15) is 4.79 Å². The quantitative estimate of drug-likeness (QED) is 0.299. The predicted octanol–water partition coefficient (Wildman–Crippen LogP) is 6.67. The number of carbonyl (C=O) groups is 1. The molecule has 0 amide bonds. The minimum atomic E-state index is 0.0623. The number of aromatic nitrogens is 2. The summed E-state index contributed by atoms with van der Waals surface area (Å²) in [5.74, 6) is 0.0623. The van der Waals surface area contributed by atoms with E-state index in [0.29, 0.717) is 15.6 Å². The molecular formula is C23H27Cl2N3OS. The largest absolute Gasteiger partial charge is 0.336 e. The summed E-state index contributed by atoms with van der Waals surface area (Å²) in [6.07, 6.45) is 7.86. The molecule has 30 heavy (non-hydrogen) atoms. The maximum Gasteiger partial charge on any atom is 0.159 e. The van der Waals surface area contributed by atoms with E-state index in [2.05, 4.69) is 11.9 Å². The van der Waals surface area contributed by atoms with Crippen molar-refractivity contribution in [3.05, 3.63) is 82.4 Å². The molecule has 0 bridgehead atoms. The Morgan fingerprint density at radius 3 is 2.43 bits per heavy atom. The molecule has 160 valence electrons. The number of nitrogens with zero attached hydrogens (tertiary/aromatic N) is 2. The van der Waals surface area contributed by atoms with Crippen molar-refractivity contribution >= 4 is 40.7 Å². The summed E-state index contributed by atoms with van der Waals surface area (Å²) >= 11 is 14.2. The van der Waals surface area contributed by atoms with Gasteiger partial charge >= 0.3 is 0 Å². The average Bonchev–Trinajstić information content (AvgIpc) is 3.22. The zero-order valence-electron chi connectivity index (χ0n) is 17.2. The maximum absolute atomic E-state index is 11.4. The van der Waals surface area contributed by atoms with Crippen LogP contribution in [0.15, 0.2) is 66.1 Å². The van der Waals surface area contributed by atoms with Crippen LogP contribution in [0.2, 0.25) is 10.0 Å². The highest BCUT2D eigenvalue weighted by Crippen LogP contribution is 2.40. The number of Topliss-reactive ketones (excluding diaryl/α,β-unsaturated/α-hetero) is 1. The van der Waals surface area contributed by atoms with Gasteiger partial charge in [0.1, 0.15) is 0 Å². The number of carbonyl (C=O) groups excluding carboxylic acids is 1. The Labute approximate surface area is 192 Å². The molecular weight excluding hydrogens is 437 g/mol. The van der Waals surface area contributed by atoms with Crippen LogP contribution in [0, 0.1) is 0 Å². The lowest BCUT2D eigenvalue weighted by atomic mass is 10.1. The highest BCUT2D eigenvalue weighted by atomic mass is 35.5. The van der Waals surface area contributed by atoms with Gasteiger partial charge in [-0.05, 0) is 49.7 Å². The number of thioether (sulfide) groups is 1. The fourth-order valence-electron chi connectivity index (χ4n) is 2.68. The van der Waals surface area contributed by atoms with Gasteiger partial charge in [-0.3, -0.25) is 4.79 Å². The highest BCUT2D eigenvalue weighted by Gasteiger charge is 2.18. The number of hydrogen-bond donors (Lipinski definition) is 1. The number of halogens is 2.